The summed E-state index contributed by atoms with van der Waals surface area (Å²) in [4.78, 5) is 29.4. The minimum absolute atomic E-state index is 0.0778. The van der Waals surface area contributed by atoms with Crippen LogP contribution < -0.4 is 10.2 Å². The SMILES string of the molecule is O=C(Nc1ccc(N2CCCC2=O)c(Cl)c1)c1cccnc1. The van der Waals surface area contributed by atoms with Crippen molar-refractivity contribution in [1.82, 2.24) is 4.98 Å². The van der Waals surface area contributed by atoms with Crippen molar-refractivity contribution in [2.45, 2.75) is 12.8 Å². The van der Waals surface area contributed by atoms with Gasteiger partial charge in [-0.05, 0) is 36.8 Å². The van der Waals surface area contributed by atoms with Crippen LogP contribution in [-0.2, 0) is 4.79 Å². The largest absolute Gasteiger partial charge is 0.322 e. The molecule has 1 aliphatic heterocycles. The van der Waals surface area contributed by atoms with Crippen LogP contribution in [0.4, 0.5) is 11.4 Å². The highest BCUT2D eigenvalue weighted by atomic mass is 35.5. The molecule has 1 aliphatic rings. The average Bonchev–Trinajstić information content (AvgIpc) is 2.94. The Hall–Kier alpha value is -2.40. The van der Waals surface area contributed by atoms with E-state index in [0.29, 0.717) is 34.9 Å². The van der Waals surface area contributed by atoms with E-state index >= 15 is 0 Å². The zero-order valence-corrected chi connectivity index (χ0v) is 12.5. The molecule has 22 heavy (non-hydrogen) atoms. The lowest BCUT2D eigenvalue weighted by atomic mass is 10.2. The summed E-state index contributed by atoms with van der Waals surface area (Å²) in [6, 6.07) is 8.52. The van der Waals surface area contributed by atoms with Crippen molar-refractivity contribution in [3.63, 3.8) is 0 Å². The number of carbonyl (C=O) groups excluding carboxylic acids is 2. The van der Waals surface area contributed by atoms with Crippen LogP contribution in [0.1, 0.15) is 23.2 Å². The van der Waals surface area contributed by atoms with Gasteiger partial charge in [0.05, 0.1) is 16.3 Å². The number of nitrogens with zero attached hydrogens (tertiary/aromatic N) is 2. The number of hydrogen-bond acceptors (Lipinski definition) is 3. The maximum atomic E-state index is 12.1. The lowest BCUT2D eigenvalue weighted by molar-refractivity contribution is -0.117. The second-order valence-electron chi connectivity index (χ2n) is 5.01. The van der Waals surface area contributed by atoms with E-state index in [1.165, 1.54) is 6.20 Å². The van der Waals surface area contributed by atoms with Crippen LogP contribution in [-0.4, -0.2) is 23.3 Å². The fraction of sp³-hybridized carbons (Fsp3) is 0.188. The first-order valence-corrected chi connectivity index (χ1v) is 7.34. The summed E-state index contributed by atoms with van der Waals surface area (Å²) in [5, 5.41) is 3.20. The van der Waals surface area contributed by atoms with Crippen molar-refractivity contribution >= 4 is 34.8 Å². The van der Waals surface area contributed by atoms with E-state index in [1.807, 2.05) is 0 Å². The van der Waals surface area contributed by atoms with Gasteiger partial charge in [0.15, 0.2) is 0 Å². The molecule has 1 saturated heterocycles. The first kappa shape index (κ1) is 14.5. The molecule has 0 saturated carbocycles. The average molecular weight is 316 g/mol. The summed E-state index contributed by atoms with van der Waals surface area (Å²) in [6.45, 7) is 0.680. The Kier molecular flexibility index (Phi) is 4.06. The number of nitrogens with one attached hydrogen (secondary N) is 1. The van der Waals surface area contributed by atoms with Crippen LogP contribution >= 0.6 is 11.6 Å². The van der Waals surface area contributed by atoms with Crippen LogP contribution in [0.5, 0.6) is 0 Å². The molecule has 1 aromatic carbocycles. The Labute approximate surface area is 132 Å². The van der Waals surface area contributed by atoms with E-state index in [0.717, 1.165) is 6.42 Å². The van der Waals surface area contributed by atoms with Crippen LogP contribution in [0.3, 0.4) is 0 Å². The molecule has 0 atom stereocenters. The molecule has 0 aliphatic carbocycles. The summed E-state index contributed by atoms with van der Waals surface area (Å²) in [5.74, 6) is -0.178. The van der Waals surface area contributed by atoms with Crippen LogP contribution in [0.15, 0.2) is 42.7 Å². The normalized spacial score (nSPS) is 14.2. The number of rotatable bonds is 3. The predicted molar refractivity (Wildman–Crippen MR) is 85.2 cm³/mol. The molecule has 0 unspecified atom stereocenters. The van der Waals surface area contributed by atoms with E-state index in [1.54, 1.807) is 41.4 Å². The van der Waals surface area contributed by atoms with Gasteiger partial charge in [-0.3, -0.25) is 14.6 Å². The maximum absolute atomic E-state index is 12.1. The predicted octanol–water partition coefficient (Wildman–Crippen LogP) is 3.11. The van der Waals surface area contributed by atoms with E-state index in [-0.39, 0.29) is 11.8 Å². The smallest absolute Gasteiger partial charge is 0.257 e. The van der Waals surface area contributed by atoms with E-state index in [4.69, 9.17) is 11.6 Å². The molecule has 1 aromatic heterocycles. The molecule has 2 aromatic rings. The second kappa shape index (κ2) is 6.15. The molecular weight excluding hydrogens is 302 g/mol. The molecule has 1 N–H and O–H groups in total. The zero-order valence-electron chi connectivity index (χ0n) is 11.8. The third-order valence-corrected chi connectivity index (χ3v) is 3.80. The quantitative estimate of drug-likeness (QED) is 0.946. The lowest BCUT2D eigenvalue weighted by Crippen LogP contribution is -2.24. The van der Waals surface area contributed by atoms with Gasteiger partial charge >= 0.3 is 0 Å². The third kappa shape index (κ3) is 2.94. The monoisotopic (exact) mass is 315 g/mol. The maximum Gasteiger partial charge on any atom is 0.257 e. The highest BCUT2D eigenvalue weighted by molar-refractivity contribution is 6.34. The van der Waals surface area contributed by atoms with Crippen molar-refractivity contribution < 1.29 is 9.59 Å². The van der Waals surface area contributed by atoms with Gasteiger partial charge in [-0.15, -0.1) is 0 Å². The summed E-state index contributed by atoms with van der Waals surface area (Å²) < 4.78 is 0. The van der Waals surface area contributed by atoms with Crippen LogP contribution in [0, 0.1) is 0 Å². The van der Waals surface area contributed by atoms with E-state index in [2.05, 4.69) is 10.3 Å². The number of aromatic nitrogens is 1. The molecule has 3 rings (SSSR count). The van der Waals surface area contributed by atoms with Crippen molar-refractivity contribution in [1.29, 1.82) is 0 Å². The van der Waals surface area contributed by atoms with Crippen molar-refractivity contribution in [3.05, 3.63) is 53.3 Å². The topological polar surface area (TPSA) is 62.3 Å². The molecule has 1 fully saturated rings. The van der Waals surface area contributed by atoms with Gasteiger partial charge in [0, 0.05) is 31.0 Å². The zero-order chi connectivity index (χ0) is 15.5. The molecule has 0 spiro atoms. The van der Waals surface area contributed by atoms with Crippen molar-refractivity contribution in [2.75, 3.05) is 16.8 Å². The number of amides is 2. The molecule has 2 heterocycles. The molecule has 0 bridgehead atoms. The van der Waals surface area contributed by atoms with Gasteiger partial charge in [0.25, 0.3) is 5.91 Å². The van der Waals surface area contributed by atoms with E-state index < -0.39 is 0 Å². The van der Waals surface area contributed by atoms with Gasteiger partial charge in [0.1, 0.15) is 0 Å². The van der Waals surface area contributed by atoms with Crippen LogP contribution in [0.25, 0.3) is 0 Å². The first-order valence-electron chi connectivity index (χ1n) is 6.96. The lowest BCUT2D eigenvalue weighted by Gasteiger charge is -2.18. The summed E-state index contributed by atoms with van der Waals surface area (Å²) in [6.07, 6.45) is 4.49. The van der Waals surface area contributed by atoms with Gasteiger partial charge in [0.2, 0.25) is 5.91 Å². The molecule has 6 heteroatoms. The highest BCUT2D eigenvalue weighted by Gasteiger charge is 2.23. The second-order valence-corrected chi connectivity index (χ2v) is 5.42. The number of pyridine rings is 1. The van der Waals surface area contributed by atoms with Gasteiger partial charge in [-0.1, -0.05) is 11.6 Å². The summed E-state index contributed by atoms with van der Waals surface area (Å²) >= 11 is 6.25. The molecule has 2 amide bonds. The Bertz CT molecular complexity index is 719. The fourth-order valence-corrected chi connectivity index (χ4v) is 2.69. The Morgan fingerprint density at radius 3 is 2.82 bits per heavy atom. The Morgan fingerprint density at radius 1 is 1.32 bits per heavy atom. The van der Waals surface area contributed by atoms with Crippen molar-refractivity contribution in [3.8, 4) is 0 Å². The first-order chi connectivity index (χ1) is 10.6. The fourth-order valence-electron chi connectivity index (χ4n) is 2.41. The molecule has 5 nitrogen and oxygen atoms in total. The third-order valence-electron chi connectivity index (χ3n) is 3.49. The van der Waals surface area contributed by atoms with Crippen LogP contribution in [0.2, 0.25) is 5.02 Å². The number of benzene rings is 1. The Balaban J connectivity index is 1.77. The minimum Gasteiger partial charge on any atom is -0.322 e. The summed E-state index contributed by atoms with van der Waals surface area (Å²) in [7, 11) is 0. The highest BCUT2D eigenvalue weighted by Crippen LogP contribution is 2.31. The molecule has 112 valence electrons. The molecule has 0 radical (unpaired) electrons. The van der Waals surface area contributed by atoms with E-state index in [9.17, 15) is 9.59 Å². The minimum atomic E-state index is -0.255. The number of hydrogen-bond donors (Lipinski definition) is 1. The number of carbonyl (C=O) groups is 2. The van der Waals surface area contributed by atoms with Crippen molar-refractivity contribution in [2.24, 2.45) is 0 Å². The standard InChI is InChI=1S/C16H14ClN3O2/c17-13-9-12(19-16(22)11-3-1-7-18-10-11)5-6-14(13)20-8-2-4-15(20)21/h1,3,5-7,9-10H,2,4,8H2,(H,19,22). The number of halogens is 1. The Morgan fingerprint density at radius 2 is 2.18 bits per heavy atom. The molecular formula is C16H14ClN3O2. The van der Waals surface area contributed by atoms with Gasteiger partial charge in [-0.2, -0.15) is 0 Å². The summed E-state index contributed by atoms with van der Waals surface area (Å²) in [5.41, 5.74) is 1.73. The number of anilines is 2. The van der Waals surface area contributed by atoms with Gasteiger partial charge in [-0.25, -0.2) is 0 Å². The van der Waals surface area contributed by atoms with Gasteiger partial charge < -0.3 is 10.2 Å².